The fraction of sp³-hybridized carbons (Fsp3) is 0.588. The lowest BCUT2D eigenvalue weighted by atomic mass is 9.86. The van der Waals surface area contributed by atoms with E-state index < -0.39 is 5.60 Å². The molecule has 2 N–H and O–H groups in total. The van der Waals surface area contributed by atoms with Crippen LogP contribution < -0.4 is 10.6 Å². The molecular weight excluding hydrogens is 283 g/mol. The number of benzene rings is 1. The summed E-state index contributed by atoms with van der Waals surface area (Å²) in [5.74, 6) is -0.190. The second kappa shape index (κ2) is 6.65. The lowest BCUT2D eigenvalue weighted by Gasteiger charge is -2.38. The Morgan fingerprint density at radius 2 is 1.91 bits per heavy atom. The van der Waals surface area contributed by atoms with Gasteiger partial charge in [-0.25, -0.2) is 9.18 Å². The van der Waals surface area contributed by atoms with Gasteiger partial charge in [0.05, 0.1) is 0 Å². The molecular formula is C17H25FN2O2. The van der Waals surface area contributed by atoms with Gasteiger partial charge in [-0.3, -0.25) is 0 Å². The maximum atomic E-state index is 13.7. The highest BCUT2D eigenvalue weighted by Gasteiger charge is 2.32. The van der Waals surface area contributed by atoms with E-state index in [0.29, 0.717) is 5.56 Å². The van der Waals surface area contributed by atoms with Gasteiger partial charge >= 0.3 is 6.09 Å². The van der Waals surface area contributed by atoms with E-state index in [-0.39, 0.29) is 30.0 Å². The average Bonchev–Trinajstić information content (AvgIpc) is 2.34. The molecule has 1 atom stereocenters. The van der Waals surface area contributed by atoms with Crippen molar-refractivity contribution >= 4 is 6.09 Å². The number of carbonyl (C=O) groups excluding carboxylic acids is 1. The monoisotopic (exact) mass is 308 g/mol. The summed E-state index contributed by atoms with van der Waals surface area (Å²) in [6.07, 6.45) is 1.29. The molecule has 122 valence electrons. The number of ether oxygens (including phenoxy) is 1. The van der Waals surface area contributed by atoms with Crippen molar-refractivity contribution in [3.05, 3.63) is 35.6 Å². The predicted octanol–water partition coefficient (Wildman–Crippen LogP) is 3.53. The number of rotatable bonds is 4. The van der Waals surface area contributed by atoms with Crippen molar-refractivity contribution in [2.75, 3.05) is 0 Å². The molecule has 5 heteroatoms. The largest absolute Gasteiger partial charge is 0.444 e. The molecule has 0 spiro atoms. The molecule has 0 radical (unpaired) electrons. The molecule has 1 saturated carbocycles. The van der Waals surface area contributed by atoms with Gasteiger partial charge in [-0.2, -0.15) is 0 Å². The van der Waals surface area contributed by atoms with Gasteiger partial charge in [0, 0.05) is 23.7 Å². The van der Waals surface area contributed by atoms with Gasteiger partial charge in [0.2, 0.25) is 0 Å². The van der Waals surface area contributed by atoms with Crippen LogP contribution in [0.4, 0.5) is 9.18 Å². The zero-order valence-corrected chi connectivity index (χ0v) is 13.7. The minimum absolute atomic E-state index is 0.0475. The highest BCUT2D eigenvalue weighted by atomic mass is 19.1. The van der Waals surface area contributed by atoms with E-state index in [1.54, 1.807) is 12.1 Å². The Kier molecular flexibility index (Phi) is 5.06. The molecule has 1 aromatic rings. The standard InChI is InChI=1S/C17H25FN2O2/c1-11(14-7-5-6-8-15(14)18)19-12-9-13(10-12)20-16(21)22-17(2,3)4/h5-8,11-13,19H,9-10H2,1-4H3,(H,20,21)/t11-,12?,13?/m1/s1. The Hall–Kier alpha value is -1.62. The Morgan fingerprint density at radius 1 is 1.27 bits per heavy atom. The van der Waals surface area contributed by atoms with Gasteiger partial charge in [0.25, 0.3) is 0 Å². The number of carbonyl (C=O) groups is 1. The minimum Gasteiger partial charge on any atom is -0.444 e. The topological polar surface area (TPSA) is 50.4 Å². The molecule has 0 unspecified atom stereocenters. The lowest BCUT2D eigenvalue weighted by molar-refractivity contribution is 0.0463. The van der Waals surface area contributed by atoms with Crippen LogP contribution in [0.25, 0.3) is 0 Å². The summed E-state index contributed by atoms with van der Waals surface area (Å²) in [4.78, 5) is 11.7. The Bertz CT molecular complexity index is 522. The first-order valence-electron chi connectivity index (χ1n) is 7.74. The van der Waals surface area contributed by atoms with E-state index >= 15 is 0 Å². The summed E-state index contributed by atoms with van der Waals surface area (Å²) in [5.41, 5.74) is 0.191. The van der Waals surface area contributed by atoms with E-state index in [1.165, 1.54) is 6.07 Å². The average molecular weight is 308 g/mol. The molecule has 0 bridgehead atoms. The Morgan fingerprint density at radius 3 is 2.50 bits per heavy atom. The summed E-state index contributed by atoms with van der Waals surface area (Å²) >= 11 is 0. The van der Waals surface area contributed by atoms with Crippen molar-refractivity contribution in [1.82, 2.24) is 10.6 Å². The van der Waals surface area contributed by atoms with Crippen LogP contribution in [0.15, 0.2) is 24.3 Å². The third kappa shape index (κ3) is 4.70. The quantitative estimate of drug-likeness (QED) is 0.894. The van der Waals surface area contributed by atoms with Crippen LogP contribution in [0.3, 0.4) is 0 Å². The molecule has 1 amide bonds. The summed E-state index contributed by atoms with van der Waals surface area (Å²) in [6.45, 7) is 7.47. The number of nitrogens with one attached hydrogen (secondary N) is 2. The molecule has 2 rings (SSSR count). The molecule has 0 saturated heterocycles. The Balaban J connectivity index is 1.73. The molecule has 0 aromatic heterocycles. The zero-order chi connectivity index (χ0) is 16.3. The number of halogens is 1. The molecule has 1 aromatic carbocycles. The first-order valence-corrected chi connectivity index (χ1v) is 7.74. The number of amides is 1. The summed E-state index contributed by atoms with van der Waals surface area (Å²) in [6, 6.07) is 7.16. The normalized spacial score (nSPS) is 22.6. The van der Waals surface area contributed by atoms with Crippen LogP contribution in [0.2, 0.25) is 0 Å². The van der Waals surface area contributed by atoms with Gasteiger partial charge in [0.15, 0.2) is 0 Å². The van der Waals surface area contributed by atoms with Crippen LogP contribution in [0.5, 0.6) is 0 Å². The van der Waals surface area contributed by atoms with Crippen LogP contribution >= 0.6 is 0 Å². The molecule has 1 fully saturated rings. The van der Waals surface area contributed by atoms with Gasteiger partial charge < -0.3 is 15.4 Å². The fourth-order valence-electron chi connectivity index (χ4n) is 2.62. The van der Waals surface area contributed by atoms with E-state index in [0.717, 1.165) is 12.8 Å². The highest BCUT2D eigenvalue weighted by Crippen LogP contribution is 2.25. The van der Waals surface area contributed by atoms with Crippen molar-refractivity contribution < 1.29 is 13.9 Å². The molecule has 22 heavy (non-hydrogen) atoms. The van der Waals surface area contributed by atoms with Crippen molar-refractivity contribution in [2.45, 2.75) is 64.3 Å². The molecule has 0 aliphatic heterocycles. The smallest absolute Gasteiger partial charge is 0.407 e. The van der Waals surface area contributed by atoms with Crippen LogP contribution in [0.1, 0.15) is 52.1 Å². The van der Waals surface area contributed by atoms with Gasteiger partial charge in [-0.15, -0.1) is 0 Å². The predicted molar refractivity (Wildman–Crippen MR) is 84.1 cm³/mol. The summed E-state index contributed by atoms with van der Waals surface area (Å²) in [7, 11) is 0. The first kappa shape index (κ1) is 16.7. The fourth-order valence-corrected chi connectivity index (χ4v) is 2.62. The van der Waals surface area contributed by atoms with E-state index in [4.69, 9.17) is 4.74 Å². The second-order valence-electron chi connectivity index (χ2n) is 6.92. The van der Waals surface area contributed by atoms with Gasteiger partial charge in [0.1, 0.15) is 11.4 Å². The zero-order valence-electron chi connectivity index (χ0n) is 13.7. The molecule has 1 aliphatic carbocycles. The lowest BCUT2D eigenvalue weighted by Crippen LogP contribution is -2.53. The SMILES string of the molecule is C[C@@H](NC1CC(NC(=O)OC(C)(C)C)C1)c1ccccc1F. The van der Waals surface area contributed by atoms with Crippen molar-refractivity contribution in [3.63, 3.8) is 0 Å². The molecule has 1 aliphatic rings. The number of hydrogen-bond donors (Lipinski definition) is 2. The second-order valence-corrected chi connectivity index (χ2v) is 6.92. The van der Waals surface area contributed by atoms with E-state index in [1.807, 2.05) is 33.8 Å². The third-order valence-electron chi connectivity index (χ3n) is 3.72. The van der Waals surface area contributed by atoms with Gasteiger partial charge in [-0.05, 0) is 46.6 Å². The van der Waals surface area contributed by atoms with Crippen molar-refractivity contribution in [3.8, 4) is 0 Å². The van der Waals surface area contributed by atoms with Crippen LogP contribution in [-0.4, -0.2) is 23.8 Å². The highest BCUT2D eigenvalue weighted by molar-refractivity contribution is 5.68. The summed E-state index contributed by atoms with van der Waals surface area (Å²) < 4.78 is 18.9. The van der Waals surface area contributed by atoms with E-state index in [2.05, 4.69) is 10.6 Å². The molecule has 4 nitrogen and oxygen atoms in total. The number of alkyl carbamates (subject to hydrolysis) is 1. The van der Waals surface area contributed by atoms with Crippen molar-refractivity contribution in [2.24, 2.45) is 0 Å². The van der Waals surface area contributed by atoms with Crippen LogP contribution in [0, 0.1) is 5.82 Å². The third-order valence-corrected chi connectivity index (χ3v) is 3.72. The van der Waals surface area contributed by atoms with Gasteiger partial charge in [-0.1, -0.05) is 18.2 Å². The van der Waals surface area contributed by atoms with E-state index in [9.17, 15) is 9.18 Å². The molecule has 0 heterocycles. The maximum absolute atomic E-state index is 13.7. The maximum Gasteiger partial charge on any atom is 0.407 e. The van der Waals surface area contributed by atoms with Crippen LogP contribution in [-0.2, 0) is 4.74 Å². The minimum atomic E-state index is -0.481. The summed E-state index contributed by atoms with van der Waals surface area (Å²) in [5, 5.41) is 6.24. The van der Waals surface area contributed by atoms with Crippen molar-refractivity contribution in [1.29, 1.82) is 0 Å². The Labute approximate surface area is 131 Å². The first-order chi connectivity index (χ1) is 10.2. The number of hydrogen-bond acceptors (Lipinski definition) is 3.